The standard InChI is InChI=1S/C23H23N5OS/c24-13-16-12-17(16)14-27-10-4-9-21(27)22(29)26-23-25-19(15-30-23)20-8-5-11-28(20)18-6-2-1-3-7-18/h1-4,6-7,9-10,15-17,20H,5,8,11-12,14H2,(H,25,26,29). The van der Waals surface area contributed by atoms with E-state index in [1.807, 2.05) is 29.0 Å². The fourth-order valence-electron chi connectivity index (χ4n) is 4.30. The molecule has 6 nitrogen and oxygen atoms in total. The third-order valence-corrected chi connectivity index (χ3v) is 6.78. The van der Waals surface area contributed by atoms with Crippen LogP contribution in [0.3, 0.4) is 0 Å². The Balaban J connectivity index is 1.27. The molecule has 3 atom stereocenters. The van der Waals surface area contributed by atoms with Crippen LogP contribution in [-0.4, -0.2) is 22.0 Å². The zero-order valence-electron chi connectivity index (χ0n) is 16.6. The van der Waals surface area contributed by atoms with Gasteiger partial charge in [0.15, 0.2) is 5.13 Å². The molecule has 2 aromatic heterocycles. The van der Waals surface area contributed by atoms with E-state index >= 15 is 0 Å². The van der Waals surface area contributed by atoms with Crippen molar-refractivity contribution in [2.24, 2.45) is 11.8 Å². The normalized spacial score (nSPS) is 22.6. The average Bonchev–Trinajstić information content (AvgIpc) is 3.18. The fourth-order valence-corrected chi connectivity index (χ4v) is 5.05. The van der Waals surface area contributed by atoms with E-state index < -0.39 is 0 Å². The molecule has 3 aromatic rings. The second-order valence-corrected chi connectivity index (χ2v) is 8.85. The van der Waals surface area contributed by atoms with Crippen LogP contribution < -0.4 is 10.2 Å². The molecule has 1 saturated carbocycles. The van der Waals surface area contributed by atoms with Gasteiger partial charge in [0.2, 0.25) is 0 Å². The summed E-state index contributed by atoms with van der Waals surface area (Å²) in [5, 5.41) is 14.7. The topological polar surface area (TPSA) is 74.0 Å². The Hall–Kier alpha value is -3.11. The third-order valence-electron chi connectivity index (χ3n) is 6.01. The Labute approximate surface area is 179 Å². The molecule has 1 saturated heterocycles. The summed E-state index contributed by atoms with van der Waals surface area (Å²) >= 11 is 1.47. The zero-order chi connectivity index (χ0) is 20.5. The number of thiazole rings is 1. The summed E-state index contributed by atoms with van der Waals surface area (Å²) in [7, 11) is 0. The molecule has 2 fully saturated rings. The maximum Gasteiger partial charge on any atom is 0.274 e. The largest absolute Gasteiger partial charge is 0.363 e. The molecular weight excluding hydrogens is 394 g/mol. The number of amides is 1. The number of para-hydroxylation sites is 1. The molecule has 3 unspecified atom stereocenters. The van der Waals surface area contributed by atoms with Gasteiger partial charge in [0.05, 0.1) is 23.7 Å². The first kappa shape index (κ1) is 18.9. The third kappa shape index (κ3) is 3.71. The molecule has 5 rings (SSSR count). The van der Waals surface area contributed by atoms with Crippen molar-refractivity contribution in [3.8, 4) is 6.07 Å². The molecule has 0 spiro atoms. The molecule has 1 aromatic carbocycles. The Kier molecular flexibility index (Phi) is 5.01. The molecule has 1 aliphatic heterocycles. The number of anilines is 2. The highest BCUT2D eigenvalue weighted by atomic mass is 32.1. The quantitative estimate of drug-likeness (QED) is 0.631. The van der Waals surface area contributed by atoms with Crippen molar-refractivity contribution in [2.45, 2.75) is 31.8 Å². The van der Waals surface area contributed by atoms with Crippen molar-refractivity contribution >= 4 is 28.1 Å². The molecule has 0 bridgehead atoms. The van der Waals surface area contributed by atoms with Crippen LogP contribution in [0.2, 0.25) is 0 Å². The van der Waals surface area contributed by atoms with E-state index in [4.69, 9.17) is 10.2 Å². The number of hydrogen-bond donors (Lipinski definition) is 1. The van der Waals surface area contributed by atoms with E-state index in [0.717, 1.165) is 31.5 Å². The Bertz CT molecular complexity index is 1080. The van der Waals surface area contributed by atoms with E-state index in [1.165, 1.54) is 17.0 Å². The lowest BCUT2D eigenvalue weighted by atomic mass is 10.1. The van der Waals surface area contributed by atoms with Gasteiger partial charge in [-0.1, -0.05) is 18.2 Å². The van der Waals surface area contributed by atoms with Gasteiger partial charge in [-0.15, -0.1) is 11.3 Å². The highest BCUT2D eigenvalue weighted by Gasteiger charge is 2.37. The molecule has 0 radical (unpaired) electrons. The van der Waals surface area contributed by atoms with Gasteiger partial charge >= 0.3 is 0 Å². The maximum absolute atomic E-state index is 12.8. The first-order valence-corrected chi connectivity index (χ1v) is 11.2. The average molecular weight is 418 g/mol. The van der Waals surface area contributed by atoms with Gasteiger partial charge in [-0.2, -0.15) is 5.26 Å². The number of carbonyl (C=O) groups excluding carboxylic acids is 1. The lowest BCUT2D eigenvalue weighted by Crippen LogP contribution is -2.22. The van der Waals surface area contributed by atoms with Crippen molar-refractivity contribution < 1.29 is 4.79 Å². The molecule has 1 aliphatic carbocycles. The molecular formula is C23H23N5OS. The SMILES string of the molecule is N#CC1CC1Cn1cccc1C(=O)Nc1nc(C2CCCN2c2ccccc2)cs1. The minimum absolute atomic E-state index is 0.129. The number of nitrogens with zero attached hydrogens (tertiary/aromatic N) is 4. The Morgan fingerprint density at radius 3 is 2.93 bits per heavy atom. The van der Waals surface area contributed by atoms with Crippen LogP contribution in [0.5, 0.6) is 0 Å². The summed E-state index contributed by atoms with van der Waals surface area (Å²) in [4.78, 5) is 20.0. The fraction of sp³-hybridized carbons (Fsp3) is 0.348. The molecule has 2 aliphatic rings. The van der Waals surface area contributed by atoms with Crippen LogP contribution in [0.1, 0.15) is 41.5 Å². The summed E-state index contributed by atoms with van der Waals surface area (Å²) < 4.78 is 1.94. The van der Waals surface area contributed by atoms with Crippen LogP contribution >= 0.6 is 11.3 Å². The van der Waals surface area contributed by atoms with Gasteiger partial charge in [-0.25, -0.2) is 4.98 Å². The first-order valence-electron chi connectivity index (χ1n) is 10.4. The summed E-state index contributed by atoms with van der Waals surface area (Å²) in [6, 6.07) is 16.7. The molecule has 7 heteroatoms. The van der Waals surface area contributed by atoms with Crippen molar-refractivity contribution in [1.29, 1.82) is 5.26 Å². The molecule has 30 heavy (non-hydrogen) atoms. The number of carbonyl (C=O) groups is 1. The molecule has 3 heterocycles. The van der Waals surface area contributed by atoms with E-state index in [0.29, 0.717) is 23.3 Å². The number of rotatable bonds is 6. The van der Waals surface area contributed by atoms with Gasteiger partial charge in [0.1, 0.15) is 5.69 Å². The Morgan fingerprint density at radius 1 is 1.27 bits per heavy atom. The number of benzene rings is 1. The smallest absolute Gasteiger partial charge is 0.274 e. The van der Waals surface area contributed by atoms with Gasteiger partial charge in [0.25, 0.3) is 5.91 Å². The summed E-state index contributed by atoms with van der Waals surface area (Å²) in [5.74, 6) is 0.331. The van der Waals surface area contributed by atoms with Crippen molar-refractivity contribution in [3.63, 3.8) is 0 Å². The summed E-state index contributed by atoms with van der Waals surface area (Å²) in [6.45, 7) is 1.73. The summed E-state index contributed by atoms with van der Waals surface area (Å²) in [6.07, 6.45) is 5.03. The van der Waals surface area contributed by atoms with Crippen molar-refractivity contribution in [3.05, 3.63) is 65.4 Å². The van der Waals surface area contributed by atoms with Crippen LogP contribution in [0, 0.1) is 23.2 Å². The van der Waals surface area contributed by atoms with Gasteiger partial charge in [0, 0.05) is 30.4 Å². The number of aromatic nitrogens is 2. The minimum Gasteiger partial charge on any atom is -0.363 e. The maximum atomic E-state index is 12.8. The van der Waals surface area contributed by atoms with Gasteiger partial charge in [-0.05, 0) is 49.4 Å². The first-order chi connectivity index (χ1) is 14.7. The molecule has 152 valence electrons. The van der Waals surface area contributed by atoms with Crippen LogP contribution in [0.4, 0.5) is 10.8 Å². The van der Waals surface area contributed by atoms with Crippen molar-refractivity contribution in [2.75, 3.05) is 16.8 Å². The highest BCUT2D eigenvalue weighted by molar-refractivity contribution is 7.14. The van der Waals surface area contributed by atoms with Crippen molar-refractivity contribution in [1.82, 2.24) is 9.55 Å². The minimum atomic E-state index is -0.151. The van der Waals surface area contributed by atoms with Gasteiger partial charge in [-0.3, -0.25) is 10.1 Å². The monoisotopic (exact) mass is 417 g/mol. The van der Waals surface area contributed by atoms with E-state index in [2.05, 4.69) is 45.9 Å². The van der Waals surface area contributed by atoms with Gasteiger partial charge < -0.3 is 9.47 Å². The lowest BCUT2D eigenvalue weighted by Gasteiger charge is -2.25. The van der Waals surface area contributed by atoms with E-state index in [-0.39, 0.29) is 17.9 Å². The second kappa shape index (κ2) is 7.96. The zero-order valence-corrected chi connectivity index (χ0v) is 17.4. The van der Waals surface area contributed by atoms with E-state index in [1.54, 1.807) is 0 Å². The Morgan fingerprint density at radius 2 is 2.13 bits per heavy atom. The second-order valence-electron chi connectivity index (χ2n) is 8.00. The highest BCUT2D eigenvalue weighted by Crippen LogP contribution is 2.39. The summed E-state index contributed by atoms with van der Waals surface area (Å²) in [5.41, 5.74) is 2.84. The number of nitrogens with one attached hydrogen (secondary N) is 1. The van der Waals surface area contributed by atoms with E-state index in [9.17, 15) is 4.79 Å². The number of hydrogen-bond acceptors (Lipinski definition) is 5. The molecule has 1 N–H and O–H groups in total. The lowest BCUT2D eigenvalue weighted by molar-refractivity contribution is 0.101. The van der Waals surface area contributed by atoms with Crippen LogP contribution in [-0.2, 0) is 6.54 Å². The van der Waals surface area contributed by atoms with Crippen LogP contribution in [0.25, 0.3) is 0 Å². The molecule has 1 amide bonds. The number of nitriles is 1. The predicted octanol–water partition coefficient (Wildman–Crippen LogP) is 4.70. The predicted molar refractivity (Wildman–Crippen MR) is 117 cm³/mol. The van der Waals surface area contributed by atoms with Crippen LogP contribution in [0.15, 0.2) is 54.0 Å².